The van der Waals surface area contributed by atoms with Crippen molar-refractivity contribution in [3.8, 4) is 0 Å². The molecule has 0 spiro atoms. The average molecular weight is 512 g/mol. The Morgan fingerprint density at radius 3 is 2.21 bits per heavy atom. The molecule has 0 aliphatic heterocycles. The van der Waals surface area contributed by atoms with Gasteiger partial charge in [-0.2, -0.15) is 26.3 Å². The van der Waals surface area contributed by atoms with Crippen LogP contribution in [0.4, 0.5) is 30.7 Å². The summed E-state index contributed by atoms with van der Waals surface area (Å²) in [5.41, 5.74) is -3.58. The van der Waals surface area contributed by atoms with Gasteiger partial charge >= 0.3 is 12.4 Å². The van der Waals surface area contributed by atoms with E-state index in [1.807, 2.05) is 0 Å². The van der Waals surface area contributed by atoms with Gasteiger partial charge in [0.25, 0.3) is 5.91 Å². The van der Waals surface area contributed by atoms with Crippen LogP contribution in [-0.4, -0.2) is 30.1 Å². The summed E-state index contributed by atoms with van der Waals surface area (Å²) in [6.07, 6.45) is -9.62. The largest absolute Gasteiger partial charge is 0.436 e. The number of amides is 1. The first-order valence-corrected chi connectivity index (χ1v) is 11.5. The lowest BCUT2D eigenvalue weighted by atomic mass is 9.86. The van der Waals surface area contributed by atoms with Crippen molar-refractivity contribution in [3.05, 3.63) is 59.2 Å². The van der Waals surface area contributed by atoms with Crippen LogP contribution in [0.2, 0.25) is 0 Å². The number of benzene rings is 1. The molecule has 2 aromatic rings. The van der Waals surface area contributed by atoms with E-state index in [1.165, 1.54) is 6.92 Å². The fourth-order valence-electron chi connectivity index (χ4n) is 3.79. The Kier molecular flexibility index (Phi) is 6.72. The number of pyridine rings is 1. The van der Waals surface area contributed by atoms with E-state index in [4.69, 9.17) is 0 Å². The number of carbonyl (C=O) groups is 1. The van der Waals surface area contributed by atoms with Gasteiger partial charge in [-0.1, -0.05) is 6.07 Å². The number of alkyl halides is 6. The SMILES string of the molecule is CC1(S(=O)(=O)c2cccc(C(F)(F)F)c2)CCC(NC(=O)c2ccc(F)c(C(F)(F)F)n2)CC1. The predicted molar refractivity (Wildman–Crippen MR) is 106 cm³/mol. The Labute approximate surface area is 190 Å². The average Bonchev–Trinajstić information content (AvgIpc) is 2.74. The quantitative estimate of drug-likeness (QED) is 0.574. The fraction of sp³-hybridized carbons (Fsp3) is 0.429. The third-order valence-corrected chi connectivity index (χ3v) is 8.43. The van der Waals surface area contributed by atoms with Crippen molar-refractivity contribution >= 4 is 15.7 Å². The van der Waals surface area contributed by atoms with E-state index in [0.717, 1.165) is 24.3 Å². The van der Waals surface area contributed by atoms with Crippen LogP contribution in [0.1, 0.15) is 54.4 Å². The molecule has 5 nitrogen and oxygen atoms in total. The van der Waals surface area contributed by atoms with Crippen LogP contribution in [0.15, 0.2) is 41.3 Å². The van der Waals surface area contributed by atoms with Crippen LogP contribution in [0, 0.1) is 5.82 Å². The molecule has 1 N–H and O–H groups in total. The number of nitrogens with one attached hydrogen (secondary N) is 1. The Balaban J connectivity index is 1.72. The molecule has 0 unspecified atom stereocenters. The lowest BCUT2D eigenvalue weighted by Crippen LogP contribution is -2.46. The Morgan fingerprint density at radius 2 is 1.65 bits per heavy atom. The van der Waals surface area contributed by atoms with Crippen molar-refractivity contribution in [2.75, 3.05) is 0 Å². The molecule has 1 amide bonds. The topological polar surface area (TPSA) is 76.1 Å². The molecule has 186 valence electrons. The molecular formula is C21H19F7N2O3S. The molecule has 1 aromatic carbocycles. The number of sulfone groups is 1. The summed E-state index contributed by atoms with van der Waals surface area (Å²) in [4.78, 5) is 14.9. The first-order chi connectivity index (χ1) is 15.5. The lowest BCUT2D eigenvalue weighted by molar-refractivity contribution is -0.143. The third kappa shape index (κ3) is 5.18. The van der Waals surface area contributed by atoms with E-state index >= 15 is 0 Å². The molecule has 1 heterocycles. The summed E-state index contributed by atoms with van der Waals surface area (Å²) in [5, 5.41) is 2.46. The predicted octanol–water partition coefficient (Wildman–Crippen LogP) is 5.16. The van der Waals surface area contributed by atoms with E-state index in [2.05, 4.69) is 10.3 Å². The number of hydrogen-bond donors (Lipinski definition) is 1. The van der Waals surface area contributed by atoms with E-state index in [-0.39, 0.29) is 25.7 Å². The minimum atomic E-state index is -5.09. The maximum absolute atomic E-state index is 13.4. The molecule has 0 bridgehead atoms. The van der Waals surface area contributed by atoms with Gasteiger partial charge in [-0.15, -0.1) is 0 Å². The van der Waals surface area contributed by atoms with E-state index < -0.39 is 66.5 Å². The highest BCUT2D eigenvalue weighted by molar-refractivity contribution is 7.92. The molecular weight excluding hydrogens is 493 g/mol. The number of halogens is 7. The van der Waals surface area contributed by atoms with Crippen LogP contribution in [-0.2, 0) is 22.2 Å². The summed E-state index contributed by atoms with van der Waals surface area (Å²) in [6.45, 7) is 1.40. The smallest absolute Gasteiger partial charge is 0.348 e. The fourth-order valence-corrected chi connectivity index (χ4v) is 5.67. The normalized spacial score (nSPS) is 21.8. The van der Waals surface area contributed by atoms with Crippen LogP contribution in [0.25, 0.3) is 0 Å². The minimum Gasteiger partial charge on any atom is -0.348 e. The Morgan fingerprint density at radius 1 is 1.03 bits per heavy atom. The second kappa shape index (κ2) is 8.82. The van der Waals surface area contributed by atoms with Crippen LogP contribution in [0.3, 0.4) is 0 Å². The van der Waals surface area contributed by atoms with Gasteiger partial charge in [-0.3, -0.25) is 4.79 Å². The van der Waals surface area contributed by atoms with Crippen molar-refractivity contribution in [1.29, 1.82) is 0 Å². The number of nitrogens with zero attached hydrogens (tertiary/aromatic N) is 1. The standard InChI is InChI=1S/C21H19F7N2O3S/c1-19(34(32,33)14-4-2-3-12(11-14)20(23,24)25)9-7-13(8-10-19)29-18(31)16-6-5-15(22)17(30-16)21(26,27)28/h2-6,11,13H,7-10H2,1H3,(H,29,31). The van der Waals surface area contributed by atoms with Crippen LogP contribution >= 0.6 is 0 Å². The van der Waals surface area contributed by atoms with Crippen molar-refractivity contribution < 1.29 is 43.9 Å². The highest BCUT2D eigenvalue weighted by Crippen LogP contribution is 2.40. The summed E-state index contributed by atoms with van der Waals surface area (Å²) >= 11 is 0. The molecule has 1 aromatic heterocycles. The number of aromatic nitrogens is 1. The highest BCUT2D eigenvalue weighted by Gasteiger charge is 2.44. The first kappa shape index (κ1) is 25.9. The number of rotatable bonds is 4. The zero-order valence-electron chi connectivity index (χ0n) is 17.6. The summed E-state index contributed by atoms with van der Waals surface area (Å²) in [7, 11) is -4.17. The summed E-state index contributed by atoms with van der Waals surface area (Å²) in [5.74, 6) is -2.61. The monoisotopic (exact) mass is 512 g/mol. The Hall–Kier alpha value is -2.70. The van der Waals surface area contributed by atoms with Crippen molar-refractivity contribution in [2.24, 2.45) is 0 Å². The second-order valence-electron chi connectivity index (χ2n) is 8.25. The van der Waals surface area contributed by atoms with Gasteiger partial charge in [-0.05, 0) is 62.9 Å². The van der Waals surface area contributed by atoms with Crippen molar-refractivity contribution in [3.63, 3.8) is 0 Å². The molecule has 13 heteroatoms. The maximum Gasteiger partial charge on any atom is 0.436 e. The molecule has 1 fully saturated rings. The van der Waals surface area contributed by atoms with Gasteiger partial charge in [0, 0.05) is 6.04 Å². The van der Waals surface area contributed by atoms with E-state index in [9.17, 15) is 43.9 Å². The van der Waals surface area contributed by atoms with Gasteiger partial charge < -0.3 is 5.32 Å². The van der Waals surface area contributed by atoms with Gasteiger partial charge in [0.15, 0.2) is 21.3 Å². The minimum absolute atomic E-state index is 0.0127. The molecule has 0 atom stereocenters. The zero-order chi connectivity index (χ0) is 25.5. The second-order valence-corrected chi connectivity index (χ2v) is 10.7. The third-order valence-electron chi connectivity index (χ3n) is 5.85. The molecule has 0 saturated heterocycles. The molecule has 3 rings (SSSR count). The van der Waals surface area contributed by atoms with Gasteiger partial charge in [0.05, 0.1) is 15.2 Å². The van der Waals surface area contributed by atoms with E-state index in [1.54, 1.807) is 0 Å². The van der Waals surface area contributed by atoms with Crippen LogP contribution in [0.5, 0.6) is 0 Å². The highest BCUT2D eigenvalue weighted by atomic mass is 32.2. The summed E-state index contributed by atoms with van der Waals surface area (Å²) in [6, 6.07) is 4.10. The van der Waals surface area contributed by atoms with E-state index in [0.29, 0.717) is 12.1 Å². The lowest BCUT2D eigenvalue weighted by Gasteiger charge is -2.37. The van der Waals surface area contributed by atoms with Crippen molar-refractivity contribution in [1.82, 2.24) is 10.3 Å². The molecule has 1 aliphatic rings. The van der Waals surface area contributed by atoms with Gasteiger partial charge in [0.2, 0.25) is 0 Å². The number of hydrogen-bond acceptors (Lipinski definition) is 4. The maximum atomic E-state index is 13.4. The zero-order valence-corrected chi connectivity index (χ0v) is 18.4. The Bertz CT molecular complexity index is 1190. The molecule has 0 radical (unpaired) electrons. The van der Waals surface area contributed by atoms with Crippen LogP contribution < -0.4 is 5.32 Å². The molecule has 34 heavy (non-hydrogen) atoms. The molecule has 1 saturated carbocycles. The summed E-state index contributed by atoms with van der Waals surface area (Å²) < 4.78 is 116. The van der Waals surface area contributed by atoms with Crippen molar-refractivity contribution in [2.45, 2.75) is 60.6 Å². The molecule has 1 aliphatic carbocycles. The first-order valence-electron chi connectivity index (χ1n) is 10.0. The van der Waals surface area contributed by atoms with Gasteiger partial charge in [0.1, 0.15) is 5.69 Å². The number of carbonyl (C=O) groups excluding carboxylic acids is 1. The van der Waals surface area contributed by atoms with Gasteiger partial charge in [-0.25, -0.2) is 17.8 Å².